The van der Waals surface area contributed by atoms with Crippen molar-refractivity contribution in [3.8, 4) is 0 Å². The lowest BCUT2D eigenvalue weighted by Gasteiger charge is -2.16. The minimum Gasteiger partial charge on any atom is -0.394 e. The summed E-state index contributed by atoms with van der Waals surface area (Å²) >= 11 is 0. The van der Waals surface area contributed by atoms with Crippen molar-refractivity contribution in [3.63, 3.8) is 0 Å². The number of primary amides is 1. The second-order valence-corrected chi connectivity index (χ2v) is 3.78. The normalized spacial score (nSPS) is 21.8. The maximum Gasteiger partial charge on any atom is 0.226 e. The first kappa shape index (κ1) is 17.4. The summed E-state index contributed by atoms with van der Waals surface area (Å²) in [6.07, 6.45) is 0.530. The molecule has 1 amide bonds. The quantitative estimate of drug-likeness (QED) is 0.336. The zero-order chi connectivity index (χ0) is 14.8. The van der Waals surface area contributed by atoms with Crippen LogP contribution in [-0.2, 0) is 9.59 Å². The van der Waals surface area contributed by atoms with Crippen molar-refractivity contribution >= 4 is 18.4 Å². The summed E-state index contributed by atoms with van der Waals surface area (Å²) in [5, 5.41) is 34.1. The van der Waals surface area contributed by atoms with E-state index in [0.717, 1.165) is 0 Å². The Hall–Kier alpha value is -1.61. The van der Waals surface area contributed by atoms with Gasteiger partial charge in [0.25, 0.3) is 0 Å². The Balaban J connectivity index is 0.000000342. The highest BCUT2D eigenvalue weighted by atomic mass is 16.4. The van der Waals surface area contributed by atoms with Gasteiger partial charge in [-0.25, -0.2) is 0 Å². The lowest BCUT2D eigenvalue weighted by molar-refractivity contribution is -0.127. The van der Waals surface area contributed by atoms with Crippen molar-refractivity contribution < 1.29 is 30.0 Å². The maximum atomic E-state index is 10.5. The van der Waals surface area contributed by atoms with E-state index in [4.69, 9.17) is 26.2 Å². The number of allylic oxidation sites excluding steroid dienone is 1. The Morgan fingerprint density at radius 3 is 2.42 bits per heavy atom. The average Bonchev–Trinajstić information content (AvgIpc) is 2.46. The molecule has 0 radical (unpaired) electrons. The van der Waals surface area contributed by atoms with Gasteiger partial charge in [-0.2, -0.15) is 0 Å². The first-order valence-corrected chi connectivity index (χ1v) is 5.50. The summed E-state index contributed by atoms with van der Waals surface area (Å²) in [4.78, 5) is 24.1. The minimum atomic E-state index is -1.64. The summed E-state index contributed by atoms with van der Waals surface area (Å²) in [5.74, 6) is -0.488. The van der Waals surface area contributed by atoms with E-state index in [1.165, 1.54) is 0 Å². The number of hydrogen-bond acceptors (Lipinski definition) is 7. The van der Waals surface area contributed by atoms with Crippen LogP contribution in [0.2, 0.25) is 0 Å². The Morgan fingerprint density at radius 1 is 1.47 bits per heavy atom. The van der Waals surface area contributed by atoms with E-state index in [0.29, 0.717) is 6.54 Å². The molecule has 1 aliphatic rings. The molecule has 4 atom stereocenters. The standard InChI is InChI=1S/C6H8N2O.C5H10O5/c7-6(9)5-2-1-3-8-4-5;6-1-3(8)5(10)4(9)2-7/h1-3,5H,4H2,(H2,7,9);1,3-5,7-10H,2H2. The van der Waals surface area contributed by atoms with Crippen LogP contribution in [-0.4, -0.2) is 70.3 Å². The van der Waals surface area contributed by atoms with Crippen LogP contribution in [0.3, 0.4) is 0 Å². The lowest BCUT2D eigenvalue weighted by atomic mass is 10.1. The molecule has 1 heterocycles. The van der Waals surface area contributed by atoms with E-state index in [2.05, 4.69) is 4.99 Å². The summed E-state index contributed by atoms with van der Waals surface area (Å²) < 4.78 is 0. The SMILES string of the molecule is NC(=O)C1C=CC=NC1.O=CC(O)C(O)C(O)CO. The van der Waals surface area contributed by atoms with Crippen LogP contribution < -0.4 is 5.73 Å². The molecule has 0 aliphatic carbocycles. The highest BCUT2D eigenvalue weighted by Gasteiger charge is 2.22. The second-order valence-electron chi connectivity index (χ2n) is 3.78. The lowest BCUT2D eigenvalue weighted by Crippen LogP contribution is -2.40. The number of dihydropyridines is 1. The monoisotopic (exact) mass is 274 g/mol. The highest BCUT2D eigenvalue weighted by molar-refractivity contribution is 5.82. The fourth-order valence-electron chi connectivity index (χ4n) is 1.08. The van der Waals surface area contributed by atoms with Gasteiger partial charge in [0, 0.05) is 6.21 Å². The molecule has 1 aliphatic heterocycles. The van der Waals surface area contributed by atoms with Crippen LogP contribution >= 0.6 is 0 Å². The van der Waals surface area contributed by atoms with E-state index in [1.54, 1.807) is 18.4 Å². The van der Waals surface area contributed by atoms with Gasteiger partial charge >= 0.3 is 0 Å². The molecule has 6 N–H and O–H groups in total. The fourth-order valence-corrected chi connectivity index (χ4v) is 1.08. The van der Waals surface area contributed by atoms with Gasteiger partial charge in [0.05, 0.1) is 19.1 Å². The Labute approximate surface area is 109 Å². The summed E-state index contributed by atoms with van der Waals surface area (Å²) in [6, 6.07) is 0. The Morgan fingerprint density at radius 2 is 2.11 bits per heavy atom. The van der Waals surface area contributed by atoms with E-state index in [-0.39, 0.29) is 18.1 Å². The average molecular weight is 274 g/mol. The summed E-state index contributed by atoms with van der Waals surface area (Å²) in [5.41, 5.74) is 5.00. The van der Waals surface area contributed by atoms with Gasteiger partial charge in [0.15, 0.2) is 6.29 Å². The molecular weight excluding hydrogens is 256 g/mol. The first-order chi connectivity index (χ1) is 8.93. The highest BCUT2D eigenvalue weighted by Crippen LogP contribution is 2.01. The molecule has 0 aromatic rings. The maximum absolute atomic E-state index is 10.5. The molecule has 108 valence electrons. The predicted molar refractivity (Wildman–Crippen MR) is 66.4 cm³/mol. The molecule has 8 heteroatoms. The molecule has 4 unspecified atom stereocenters. The third kappa shape index (κ3) is 6.77. The topological polar surface area (TPSA) is 153 Å². The summed E-state index contributed by atoms with van der Waals surface area (Å²) in [6.45, 7) is -0.183. The van der Waals surface area contributed by atoms with Crippen molar-refractivity contribution in [1.82, 2.24) is 0 Å². The zero-order valence-corrected chi connectivity index (χ0v) is 10.2. The molecule has 0 bridgehead atoms. The van der Waals surface area contributed by atoms with Crippen LogP contribution in [0.5, 0.6) is 0 Å². The van der Waals surface area contributed by atoms with Gasteiger partial charge in [-0.05, 0) is 6.08 Å². The molecule has 1 rings (SSSR count). The number of nitrogens with zero attached hydrogens (tertiary/aromatic N) is 1. The molecule has 0 saturated carbocycles. The molecule has 8 nitrogen and oxygen atoms in total. The van der Waals surface area contributed by atoms with Gasteiger partial charge in [-0.3, -0.25) is 9.79 Å². The van der Waals surface area contributed by atoms with Crippen molar-refractivity contribution in [2.45, 2.75) is 18.3 Å². The third-order valence-corrected chi connectivity index (χ3v) is 2.27. The summed E-state index contributed by atoms with van der Waals surface area (Å²) in [7, 11) is 0. The smallest absolute Gasteiger partial charge is 0.226 e. The van der Waals surface area contributed by atoms with Gasteiger partial charge in [0.2, 0.25) is 5.91 Å². The molecule has 0 saturated heterocycles. The van der Waals surface area contributed by atoms with Gasteiger partial charge in [-0.15, -0.1) is 0 Å². The number of carbonyl (C=O) groups excluding carboxylic acids is 2. The Kier molecular flexibility index (Phi) is 8.55. The number of nitrogens with two attached hydrogens (primary N) is 1. The Bertz CT molecular complexity index is 344. The molecule has 0 fully saturated rings. The van der Waals surface area contributed by atoms with Crippen LogP contribution in [0, 0.1) is 5.92 Å². The van der Waals surface area contributed by atoms with Crippen molar-refractivity contribution in [2.75, 3.05) is 13.2 Å². The second kappa shape index (κ2) is 9.34. The van der Waals surface area contributed by atoms with Crippen molar-refractivity contribution in [2.24, 2.45) is 16.6 Å². The number of aldehydes is 1. The van der Waals surface area contributed by atoms with Crippen LogP contribution in [0.25, 0.3) is 0 Å². The van der Waals surface area contributed by atoms with E-state index in [1.807, 2.05) is 0 Å². The fraction of sp³-hybridized carbons (Fsp3) is 0.545. The number of rotatable bonds is 5. The predicted octanol–water partition coefficient (Wildman–Crippen LogP) is -3.01. The number of aliphatic hydroxyl groups excluding tert-OH is 4. The van der Waals surface area contributed by atoms with Gasteiger partial charge in [-0.1, -0.05) is 6.08 Å². The van der Waals surface area contributed by atoms with E-state index in [9.17, 15) is 9.59 Å². The van der Waals surface area contributed by atoms with Crippen LogP contribution in [0.4, 0.5) is 0 Å². The molecular formula is C11H18N2O6. The van der Waals surface area contributed by atoms with Crippen LogP contribution in [0.15, 0.2) is 17.1 Å². The van der Waals surface area contributed by atoms with Gasteiger partial charge < -0.3 is 31.0 Å². The zero-order valence-electron chi connectivity index (χ0n) is 10.2. The van der Waals surface area contributed by atoms with E-state index >= 15 is 0 Å². The molecule has 0 aromatic carbocycles. The largest absolute Gasteiger partial charge is 0.394 e. The van der Waals surface area contributed by atoms with Gasteiger partial charge in [0.1, 0.15) is 18.3 Å². The number of aliphatic imine (C=N–C) groups is 1. The number of amides is 1. The number of carbonyl (C=O) groups is 2. The van der Waals surface area contributed by atoms with Crippen LogP contribution in [0.1, 0.15) is 0 Å². The number of hydrogen-bond donors (Lipinski definition) is 5. The molecule has 0 spiro atoms. The first-order valence-electron chi connectivity index (χ1n) is 5.50. The number of aliphatic hydroxyl groups is 4. The minimum absolute atomic E-state index is 0.0869. The van der Waals surface area contributed by atoms with E-state index < -0.39 is 24.9 Å². The van der Waals surface area contributed by atoms with Crippen molar-refractivity contribution in [1.29, 1.82) is 0 Å². The molecule has 0 aromatic heterocycles. The van der Waals surface area contributed by atoms with Crippen molar-refractivity contribution in [3.05, 3.63) is 12.2 Å². The third-order valence-electron chi connectivity index (χ3n) is 2.27. The molecule has 19 heavy (non-hydrogen) atoms.